The Kier molecular flexibility index (Phi) is 3.78. The molecule has 0 atom stereocenters. The van der Waals surface area contributed by atoms with Crippen LogP contribution in [0.15, 0.2) is 60.7 Å². The van der Waals surface area contributed by atoms with E-state index >= 15 is 0 Å². The lowest BCUT2D eigenvalue weighted by Crippen LogP contribution is -1.90. The number of hydrogen-bond donors (Lipinski definition) is 0. The van der Waals surface area contributed by atoms with Crippen LogP contribution in [0.25, 0.3) is 16.7 Å². The van der Waals surface area contributed by atoms with Crippen molar-refractivity contribution in [3.8, 4) is 11.1 Å². The molecule has 100 valence electrons. The molecule has 0 unspecified atom stereocenters. The summed E-state index contributed by atoms with van der Waals surface area (Å²) in [5.74, 6) is 0.268. The van der Waals surface area contributed by atoms with Gasteiger partial charge in [-0.05, 0) is 47.6 Å². The van der Waals surface area contributed by atoms with E-state index in [4.69, 9.17) is 0 Å². The van der Waals surface area contributed by atoms with Crippen molar-refractivity contribution in [3.05, 3.63) is 66.2 Å². The Bertz CT molecular complexity index is 621. The molecule has 0 fully saturated rings. The molecule has 20 heavy (non-hydrogen) atoms. The minimum Gasteiger partial charge on any atom is -0.295 e. The average molecular weight is 262 g/mol. The first kappa shape index (κ1) is 12.9. The van der Waals surface area contributed by atoms with Gasteiger partial charge in [0.1, 0.15) is 0 Å². The molecule has 0 N–H and O–H groups in total. The van der Waals surface area contributed by atoms with E-state index in [1.54, 1.807) is 0 Å². The second-order valence-corrected chi connectivity index (χ2v) is 5.29. The maximum atomic E-state index is 11.7. The third-order valence-electron chi connectivity index (χ3n) is 3.82. The average Bonchev–Trinajstić information content (AvgIpc) is 2.73. The molecule has 1 nitrogen and oxygen atoms in total. The number of carbonyl (C=O) groups is 1. The van der Waals surface area contributed by atoms with Gasteiger partial charge in [-0.3, -0.25) is 4.79 Å². The monoisotopic (exact) mass is 262 g/mol. The highest BCUT2D eigenvalue weighted by Gasteiger charge is 2.10. The maximum absolute atomic E-state index is 11.7. The molecule has 2 aromatic rings. The third kappa shape index (κ3) is 2.88. The zero-order valence-electron chi connectivity index (χ0n) is 11.5. The van der Waals surface area contributed by atoms with E-state index in [2.05, 4.69) is 48.5 Å². The molecular weight excluding hydrogens is 244 g/mol. The van der Waals surface area contributed by atoms with Gasteiger partial charge in [-0.25, -0.2) is 0 Å². The van der Waals surface area contributed by atoms with Gasteiger partial charge in [-0.15, -0.1) is 0 Å². The summed E-state index contributed by atoms with van der Waals surface area (Å²) < 4.78 is 0. The van der Waals surface area contributed by atoms with Crippen LogP contribution < -0.4 is 0 Å². The summed E-state index contributed by atoms with van der Waals surface area (Å²) in [6.07, 6.45) is 5.67. The van der Waals surface area contributed by atoms with Gasteiger partial charge in [0.15, 0.2) is 5.78 Å². The SMILES string of the molecule is O=C1C=C(c2ccc(-c3ccccc3)cc2)CCCC1. The van der Waals surface area contributed by atoms with Gasteiger partial charge >= 0.3 is 0 Å². The lowest BCUT2D eigenvalue weighted by Gasteiger charge is -2.07. The first-order chi connectivity index (χ1) is 9.83. The standard InChI is InChI=1S/C19H18O/c20-19-9-5-4-8-18(14-19)17-12-10-16(11-13-17)15-6-2-1-3-7-15/h1-3,6-7,10-14H,4-5,8-9H2. The molecule has 1 aliphatic carbocycles. The fraction of sp³-hybridized carbons (Fsp3) is 0.211. The minimum atomic E-state index is 0.268. The lowest BCUT2D eigenvalue weighted by molar-refractivity contribution is -0.114. The van der Waals surface area contributed by atoms with Gasteiger partial charge in [0.25, 0.3) is 0 Å². The van der Waals surface area contributed by atoms with Gasteiger partial charge in [-0.1, -0.05) is 54.6 Å². The second kappa shape index (κ2) is 5.87. The molecule has 0 amide bonds. The van der Waals surface area contributed by atoms with E-state index < -0.39 is 0 Å². The molecule has 0 heterocycles. The topological polar surface area (TPSA) is 17.1 Å². The highest BCUT2D eigenvalue weighted by Crippen LogP contribution is 2.27. The van der Waals surface area contributed by atoms with Crippen LogP contribution in [0.5, 0.6) is 0 Å². The van der Waals surface area contributed by atoms with E-state index in [1.807, 2.05) is 12.1 Å². The first-order valence-electron chi connectivity index (χ1n) is 7.22. The number of rotatable bonds is 2. The van der Waals surface area contributed by atoms with Crippen LogP contribution in [-0.2, 0) is 4.79 Å². The van der Waals surface area contributed by atoms with Crippen LogP contribution >= 0.6 is 0 Å². The van der Waals surface area contributed by atoms with E-state index in [9.17, 15) is 4.79 Å². The lowest BCUT2D eigenvalue weighted by atomic mass is 9.98. The summed E-state index contributed by atoms with van der Waals surface area (Å²) in [6.45, 7) is 0. The summed E-state index contributed by atoms with van der Waals surface area (Å²) in [7, 11) is 0. The molecule has 0 saturated heterocycles. The van der Waals surface area contributed by atoms with Crippen LogP contribution in [0, 0.1) is 0 Å². The Morgan fingerprint density at radius 1 is 0.650 bits per heavy atom. The molecule has 0 saturated carbocycles. The summed E-state index contributed by atoms with van der Waals surface area (Å²) in [5, 5.41) is 0. The van der Waals surface area contributed by atoms with Crippen LogP contribution in [-0.4, -0.2) is 5.78 Å². The third-order valence-corrected chi connectivity index (χ3v) is 3.82. The van der Waals surface area contributed by atoms with Gasteiger partial charge in [-0.2, -0.15) is 0 Å². The molecule has 0 spiro atoms. The molecule has 1 heteroatoms. The van der Waals surface area contributed by atoms with E-state index in [-0.39, 0.29) is 5.78 Å². The summed E-state index contributed by atoms with van der Waals surface area (Å²) in [6, 6.07) is 18.9. The Labute approximate surface area is 120 Å². The van der Waals surface area contributed by atoms with E-state index in [0.29, 0.717) is 6.42 Å². The van der Waals surface area contributed by atoms with Crippen molar-refractivity contribution in [2.45, 2.75) is 25.7 Å². The fourth-order valence-corrected chi connectivity index (χ4v) is 2.69. The normalized spacial score (nSPS) is 15.6. The molecule has 0 bridgehead atoms. The van der Waals surface area contributed by atoms with Crippen LogP contribution in [0.1, 0.15) is 31.2 Å². The zero-order chi connectivity index (χ0) is 13.8. The van der Waals surface area contributed by atoms with Crippen molar-refractivity contribution in [1.29, 1.82) is 0 Å². The Morgan fingerprint density at radius 2 is 1.25 bits per heavy atom. The van der Waals surface area contributed by atoms with Gasteiger partial charge < -0.3 is 0 Å². The molecular formula is C19H18O. The number of hydrogen-bond acceptors (Lipinski definition) is 1. The van der Waals surface area contributed by atoms with Crippen LogP contribution in [0.3, 0.4) is 0 Å². The molecule has 1 aliphatic rings. The fourth-order valence-electron chi connectivity index (χ4n) is 2.69. The van der Waals surface area contributed by atoms with E-state index in [0.717, 1.165) is 19.3 Å². The molecule has 0 aromatic heterocycles. The Morgan fingerprint density at radius 3 is 2.00 bits per heavy atom. The van der Waals surface area contributed by atoms with Crippen molar-refractivity contribution in [1.82, 2.24) is 0 Å². The predicted molar refractivity (Wildman–Crippen MR) is 83.3 cm³/mol. The minimum absolute atomic E-state index is 0.268. The van der Waals surface area contributed by atoms with Crippen molar-refractivity contribution in [2.75, 3.05) is 0 Å². The Balaban J connectivity index is 1.88. The summed E-state index contributed by atoms with van der Waals surface area (Å²) in [5.41, 5.74) is 4.81. The quantitative estimate of drug-likeness (QED) is 0.753. The van der Waals surface area contributed by atoms with E-state index in [1.165, 1.54) is 22.3 Å². The molecule has 2 aromatic carbocycles. The number of carbonyl (C=O) groups excluding carboxylic acids is 1. The van der Waals surface area contributed by atoms with Gasteiger partial charge in [0.2, 0.25) is 0 Å². The smallest absolute Gasteiger partial charge is 0.155 e. The highest BCUT2D eigenvalue weighted by molar-refractivity contribution is 5.97. The van der Waals surface area contributed by atoms with Crippen molar-refractivity contribution in [3.63, 3.8) is 0 Å². The predicted octanol–water partition coefficient (Wildman–Crippen LogP) is 4.88. The van der Waals surface area contributed by atoms with Crippen molar-refractivity contribution < 1.29 is 4.79 Å². The highest BCUT2D eigenvalue weighted by atomic mass is 16.1. The molecule has 0 aliphatic heterocycles. The maximum Gasteiger partial charge on any atom is 0.155 e. The van der Waals surface area contributed by atoms with Gasteiger partial charge in [0.05, 0.1) is 0 Å². The first-order valence-corrected chi connectivity index (χ1v) is 7.22. The van der Waals surface area contributed by atoms with Gasteiger partial charge in [0, 0.05) is 6.42 Å². The number of benzene rings is 2. The largest absolute Gasteiger partial charge is 0.295 e. The van der Waals surface area contributed by atoms with Crippen molar-refractivity contribution in [2.24, 2.45) is 0 Å². The van der Waals surface area contributed by atoms with Crippen molar-refractivity contribution >= 4 is 11.4 Å². The molecule has 0 radical (unpaired) electrons. The van der Waals surface area contributed by atoms with Crippen LogP contribution in [0.2, 0.25) is 0 Å². The number of allylic oxidation sites excluding steroid dienone is 2. The van der Waals surface area contributed by atoms with Crippen LogP contribution in [0.4, 0.5) is 0 Å². The second-order valence-electron chi connectivity index (χ2n) is 5.29. The number of ketones is 1. The Hall–Kier alpha value is -2.15. The zero-order valence-corrected chi connectivity index (χ0v) is 11.5. The summed E-state index contributed by atoms with van der Waals surface area (Å²) in [4.78, 5) is 11.7. The molecule has 3 rings (SSSR count). The summed E-state index contributed by atoms with van der Waals surface area (Å²) >= 11 is 0.